The van der Waals surface area contributed by atoms with E-state index in [1.807, 2.05) is 93.3 Å². The molecular formula is C28H29N3O3S. The third-order valence-corrected chi connectivity index (χ3v) is 7.03. The SMILES string of the molecule is CCOc1cccc2c1OC1(C)C(C(=O)Nc3ccc(C)cc3C)C2NC(=S)N1c1ccccc1. The average molecular weight is 488 g/mol. The summed E-state index contributed by atoms with van der Waals surface area (Å²) in [5, 5.41) is 7.11. The summed E-state index contributed by atoms with van der Waals surface area (Å²) in [6.07, 6.45) is 0. The molecular weight excluding hydrogens is 458 g/mol. The number of hydrogen-bond acceptors (Lipinski definition) is 4. The third-order valence-electron chi connectivity index (χ3n) is 6.73. The molecule has 2 N–H and O–H groups in total. The molecule has 3 aromatic carbocycles. The Bertz CT molecular complexity index is 1300. The zero-order chi connectivity index (χ0) is 24.7. The van der Waals surface area contributed by atoms with Crippen LogP contribution in [-0.4, -0.2) is 23.4 Å². The molecule has 180 valence electrons. The van der Waals surface area contributed by atoms with E-state index in [9.17, 15) is 4.79 Å². The molecule has 2 bridgehead atoms. The number of nitrogens with zero attached hydrogens (tertiary/aromatic N) is 1. The second kappa shape index (κ2) is 8.89. The summed E-state index contributed by atoms with van der Waals surface area (Å²) < 4.78 is 12.6. The number of hydrogen-bond donors (Lipinski definition) is 2. The van der Waals surface area contributed by atoms with Crippen molar-refractivity contribution in [3.63, 3.8) is 0 Å². The molecule has 3 unspecified atom stereocenters. The van der Waals surface area contributed by atoms with Crippen molar-refractivity contribution in [1.82, 2.24) is 5.32 Å². The molecule has 3 atom stereocenters. The van der Waals surface area contributed by atoms with Crippen molar-refractivity contribution in [2.45, 2.75) is 39.5 Å². The number of ether oxygens (including phenoxy) is 2. The molecule has 7 heteroatoms. The number of amides is 1. The fraction of sp³-hybridized carbons (Fsp3) is 0.286. The van der Waals surface area contributed by atoms with E-state index < -0.39 is 11.6 Å². The normalized spacial score (nSPS) is 22.5. The zero-order valence-electron chi connectivity index (χ0n) is 20.3. The molecule has 1 saturated heterocycles. The predicted octanol–water partition coefficient (Wildman–Crippen LogP) is 5.50. The number of carbonyl (C=O) groups excluding carboxylic acids is 1. The zero-order valence-corrected chi connectivity index (χ0v) is 21.1. The Morgan fingerprint density at radius 2 is 1.91 bits per heavy atom. The van der Waals surface area contributed by atoms with E-state index in [0.717, 1.165) is 28.1 Å². The first-order chi connectivity index (χ1) is 16.8. The number of fused-ring (bicyclic) bond motifs is 4. The molecule has 0 spiro atoms. The highest BCUT2D eigenvalue weighted by Gasteiger charge is 2.59. The summed E-state index contributed by atoms with van der Waals surface area (Å²) in [6, 6.07) is 21.2. The molecule has 0 aliphatic carbocycles. The molecule has 35 heavy (non-hydrogen) atoms. The molecule has 3 aromatic rings. The Morgan fingerprint density at radius 3 is 2.63 bits per heavy atom. The summed E-state index contributed by atoms with van der Waals surface area (Å²) in [6.45, 7) is 8.41. The van der Waals surface area contributed by atoms with Crippen LogP contribution in [0.1, 0.15) is 36.6 Å². The van der Waals surface area contributed by atoms with Crippen molar-refractivity contribution in [2.75, 3.05) is 16.8 Å². The number of thiocarbonyl (C=S) groups is 1. The van der Waals surface area contributed by atoms with Crippen LogP contribution >= 0.6 is 12.2 Å². The van der Waals surface area contributed by atoms with E-state index >= 15 is 0 Å². The van der Waals surface area contributed by atoms with Gasteiger partial charge in [-0.2, -0.15) is 0 Å². The van der Waals surface area contributed by atoms with E-state index in [0.29, 0.717) is 23.2 Å². The average Bonchev–Trinajstić information content (AvgIpc) is 2.82. The van der Waals surface area contributed by atoms with Gasteiger partial charge >= 0.3 is 0 Å². The maximum atomic E-state index is 14.0. The van der Waals surface area contributed by atoms with Gasteiger partial charge in [0.1, 0.15) is 5.92 Å². The van der Waals surface area contributed by atoms with Crippen LogP contribution < -0.4 is 25.0 Å². The number of carbonyl (C=O) groups is 1. The van der Waals surface area contributed by atoms with Crippen LogP contribution in [-0.2, 0) is 4.79 Å². The van der Waals surface area contributed by atoms with Gasteiger partial charge in [-0.15, -0.1) is 0 Å². The first-order valence-corrected chi connectivity index (χ1v) is 12.2. The van der Waals surface area contributed by atoms with Crippen LogP contribution in [0.4, 0.5) is 11.4 Å². The topological polar surface area (TPSA) is 62.8 Å². The molecule has 2 heterocycles. The van der Waals surface area contributed by atoms with Crippen LogP contribution in [0.3, 0.4) is 0 Å². The number of anilines is 2. The van der Waals surface area contributed by atoms with Crippen molar-refractivity contribution >= 4 is 34.6 Å². The van der Waals surface area contributed by atoms with Crippen molar-refractivity contribution in [1.29, 1.82) is 0 Å². The molecule has 1 fully saturated rings. The Kier molecular flexibility index (Phi) is 5.89. The molecule has 0 saturated carbocycles. The van der Waals surface area contributed by atoms with Crippen LogP contribution in [0, 0.1) is 19.8 Å². The standard InChI is InChI=1S/C28H29N3O3S/c1-5-33-22-13-9-12-20-24-23(26(32)29-21-15-14-17(2)16-18(21)3)28(4,34-25(20)22)31(27(35)30-24)19-10-7-6-8-11-19/h6-16,23-24H,5H2,1-4H3,(H,29,32)(H,30,35). The Balaban J connectivity index is 1.64. The number of aryl methyl sites for hydroxylation is 2. The maximum Gasteiger partial charge on any atom is 0.236 e. The fourth-order valence-corrected chi connectivity index (χ4v) is 5.58. The second-order valence-electron chi connectivity index (χ2n) is 9.15. The summed E-state index contributed by atoms with van der Waals surface area (Å²) in [7, 11) is 0. The minimum Gasteiger partial charge on any atom is -0.490 e. The quantitative estimate of drug-likeness (QED) is 0.464. The van der Waals surface area contributed by atoms with Gasteiger partial charge in [0.15, 0.2) is 22.3 Å². The van der Waals surface area contributed by atoms with Gasteiger partial charge in [-0.05, 0) is 69.7 Å². The van der Waals surface area contributed by atoms with Crippen LogP contribution in [0.5, 0.6) is 11.5 Å². The van der Waals surface area contributed by atoms with Crippen LogP contribution in [0.2, 0.25) is 0 Å². The van der Waals surface area contributed by atoms with Gasteiger partial charge in [0.2, 0.25) is 5.91 Å². The van der Waals surface area contributed by atoms with E-state index in [1.165, 1.54) is 0 Å². The first kappa shape index (κ1) is 23.2. The van der Waals surface area contributed by atoms with Crippen molar-refractivity contribution in [2.24, 2.45) is 5.92 Å². The molecule has 1 amide bonds. The Labute approximate surface area is 211 Å². The summed E-state index contributed by atoms with van der Waals surface area (Å²) in [4.78, 5) is 15.9. The smallest absolute Gasteiger partial charge is 0.236 e. The van der Waals surface area contributed by atoms with Gasteiger partial charge in [-0.1, -0.05) is 48.0 Å². The predicted molar refractivity (Wildman–Crippen MR) is 142 cm³/mol. The summed E-state index contributed by atoms with van der Waals surface area (Å²) in [5.74, 6) is 0.526. The van der Waals surface area contributed by atoms with Crippen molar-refractivity contribution in [3.05, 3.63) is 83.4 Å². The number of para-hydroxylation sites is 2. The summed E-state index contributed by atoms with van der Waals surface area (Å²) >= 11 is 5.82. The van der Waals surface area contributed by atoms with Crippen molar-refractivity contribution < 1.29 is 14.3 Å². The molecule has 6 nitrogen and oxygen atoms in total. The Hall–Kier alpha value is -3.58. The van der Waals surface area contributed by atoms with Crippen molar-refractivity contribution in [3.8, 4) is 11.5 Å². The van der Waals surface area contributed by atoms with Gasteiger partial charge in [-0.25, -0.2) is 0 Å². The monoisotopic (exact) mass is 487 g/mol. The van der Waals surface area contributed by atoms with E-state index in [4.69, 9.17) is 21.7 Å². The Morgan fingerprint density at radius 1 is 1.14 bits per heavy atom. The highest BCUT2D eigenvalue weighted by Crippen LogP contribution is 2.52. The molecule has 5 rings (SSSR count). The number of benzene rings is 3. The largest absolute Gasteiger partial charge is 0.490 e. The lowest BCUT2D eigenvalue weighted by Gasteiger charge is -2.56. The molecule has 2 aliphatic rings. The highest BCUT2D eigenvalue weighted by molar-refractivity contribution is 7.80. The van der Waals surface area contributed by atoms with Crippen LogP contribution in [0.15, 0.2) is 66.7 Å². The van der Waals surface area contributed by atoms with E-state index in [1.54, 1.807) is 0 Å². The number of nitrogens with one attached hydrogen (secondary N) is 2. The second-order valence-corrected chi connectivity index (χ2v) is 9.53. The van der Waals surface area contributed by atoms with E-state index in [-0.39, 0.29) is 11.9 Å². The number of rotatable bonds is 5. The summed E-state index contributed by atoms with van der Waals surface area (Å²) in [5.41, 5.74) is 3.52. The fourth-order valence-electron chi connectivity index (χ4n) is 5.17. The molecule has 2 aliphatic heterocycles. The maximum absolute atomic E-state index is 14.0. The third kappa shape index (κ3) is 3.90. The van der Waals surface area contributed by atoms with Gasteiger partial charge in [0.05, 0.1) is 12.6 Å². The van der Waals surface area contributed by atoms with Gasteiger partial charge in [0.25, 0.3) is 0 Å². The van der Waals surface area contributed by atoms with E-state index in [2.05, 4.69) is 16.7 Å². The lowest BCUT2D eigenvalue weighted by Crippen LogP contribution is -2.72. The first-order valence-electron chi connectivity index (χ1n) is 11.8. The van der Waals surface area contributed by atoms with Gasteiger partial charge < -0.3 is 20.1 Å². The lowest BCUT2D eigenvalue weighted by atomic mass is 9.78. The molecule has 0 radical (unpaired) electrons. The van der Waals surface area contributed by atoms with Gasteiger partial charge in [-0.3, -0.25) is 9.69 Å². The van der Waals surface area contributed by atoms with Crippen LogP contribution in [0.25, 0.3) is 0 Å². The minimum absolute atomic E-state index is 0.146. The highest BCUT2D eigenvalue weighted by atomic mass is 32.1. The van der Waals surface area contributed by atoms with Gasteiger partial charge in [0, 0.05) is 16.9 Å². The lowest BCUT2D eigenvalue weighted by molar-refractivity contribution is -0.130. The minimum atomic E-state index is -1.10. The molecule has 0 aromatic heterocycles.